The first-order valence-corrected chi connectivity index (χ1v) is 10.2. The third-order valence-electron chi connectivity index (χ3n) is 4.94. The van der Waals surface area contributed by atoms with Crippen LogP contribution in [0.15, 0.2) is 42.9 Å². The van der Waals surface area contributed by atoms with Crippen molar-refractivity contribution >= 4 is 29.3 Å². The molecule has 2 atom stereocenters. The molecule has 1 spiro atoms. The van der Waals surface area contributed by atoms with Gasteiger partial charge in [-0.25, -0.2) is 4.98 Å². The number of hydrogen-bond donors (Lipinski definition) is 0. The zero-order valence-electron chi connectivity index (χ0n) is 13.9. The lowest BCUT2D eigenvalue weighted by atomic mass is 9.86. The molecule has 0 radical (unpaired) electrons. The number of likely N-dealkylation sites (tertiary alicyclic amines) is 1. The third-order valence-corrected chi connectivity index (χ3v) is 8.69. The number of aromatic nitrogens is 2. The van der Waals surface area contributed by atoms with Gasteiger partial charge in [-0.2, -0.15) is 0 Å². The van der Waals surface area contributed by atoms with E-state index >= 15 is 0 Å². The van der Waals surface area contributed by atoms with Crippen LogP contribution in [0, 0.1) is 5.92 Å². The van der Waals surface area contributed by atoms with Crippen LogP contribution >= 0.6 is 23.5 Å². The monoisotopic (exact) mass is 359 g/mol. The zero-order valence-corrected chi connectivity index (χ0v) is 15.5. The molecule has 24 heavy (non-hydrogen) atoms. The lowest BCUT2D eigenvalue weighted by Gasteiger charge is -2.35. The fraction of sp³-hybridized carbons (Fsp3) is 0.444. The van der Waals surface area contributed by atoms with E-state index in [1.54, 1.807) is 0 Å². The second-order valence-electron chi connectivity index (χ2n) is 6.49. The number of carbonyl (C=O) groups is 1. The number of benzene rings is 1. The minimum absolute atomic E-state index is 0.0719. The van der Waals surface area contributed by atoms with Crippen LogP contribution in [0.3, 0.4) is 0 Å². The van der Waals surface area contributed by atoms with Crippen molar-refractivity contribution in [2.24, 2.45) is 13.0 Å². The Morgan fingerprint density at radius 2 is 1.92 bits per heavy atom. The van der Waals surface area contributed by atoms with E-state index in [9.17, 15) is 4.79 Å². The highest BCUT2D eigenvalue weighted by molar-refractivity contribution is 8.21. The number of hydrogen-bond acceptors (Lipinski definition) is 5. The molecule has 1 aromatic carbocycles. The number of aryl methyl sites for hydroxylation is 1. The maximum absolute atomic E-state index is 13.5. The molecule has 0 amide bonds. The molecule has 2 fully saturated rings. The Hall–Kier alpha value is -1.24. The molecule has 0 unspecified atom stereocenters. The SMILES string of the molecule is CN1C[C@@H](c2cn(C)cn2)[C@H](C(=O)c2ccccc2)C12SCCS2. The van der Waals surface area contributed by atoms with Crippen LogP contribution in [-0.2, 0) is 7.05 Å². The van der Waals surface area contributed by atoms with Gasteiger partial charge in [0.1, 0.15) is 4.20 Å². The van der Waals surface area contributed by atoms with Crippen molar-refractivity contribution in [2.75, 3.05) is 25.1 Å². The van der Waals surface area contributed by atoms with E-state index in [1.165, 1.54) is 0 Å². The first kappa shape index (κ1) is 16.2. The van der Waals surface area contributed by atoms with Gasteiger partial charge in [0.15, 0.2) is 5.78 Å². The Labute approximate surface area is 151 Å². The van der Waals surface area contributed by atoms with E-state index in [1.807, 2.05) is 71.8 Å². The number of Topliss-reactive ketones (excluding diaryl/α,β-unsaturated/α-hetero) is 1. The highest BCUT2D eigenvalue weighted by Crippen LogP contribution is 2.59. The Bertz CT molecular complexity index is 740. The molecule has 0 saturated carbocycles. The minimum atomic E-state index is -0.158. The van der Waals surface area contributed by atoms with Crippen molar-refractivity contribution in [3.8, 4) is 0 Å². The summed E-state index contributed by atoms with van der Waals surface area (Å²) in [4.78, 5) is 20.4. The predicted octanol–water partition coefficient (Wildman–Crippen LogP) is 3.08. The van der Waals surface area contributed by atoms with E-state index in [-0.39, 0.29) is 21.8 Å². The maximum Gasteiger partial charge on any atom is 0.170 e. The van der Waals surface area contributed by atoms with Crippen molar-refractivity contribution in [2.45, 2.75) is 10.1 Å². The number of imidazole rings is 1. The van der Waals surface area contributed by atoms with Gasteiger partial charge in [-0.05, 0) is 7.05 Å². The Morgan fingerprint density at radius 3 is 2.54 bits per heavy atom. The van der Waals surface area contributed by atoms with Gasteiger partial charge >= 0.3 is 0 Å². The van der Waals surface area contributed by atoms with Crippen molar-refractivity contribution < 1.29 is 4.79 Å². The molecule has 2 aliphatic rings. The smallest absolute Gasteiger partial charge is 0.170 e. The van der Waals surface area contributed by atoms with Gasteiger partial charge in [-0.3, -0.25) is 9.69 Å². The van der Waals surface area contributed by atoms with E-state index in [0.717, 1.165) is 29.3 Å². The summed E-state index contributed by atoms with van der Waals surface area (Å²) in [6, 6.07) is 9.73. The molecule has 4 rings (SSSR count). The lowest BCUT2D eigenvalue weighted by molar-refractivity contribution is 0.0899. The van der Waals surface area contributed by atoms with Crippen molar-refractivity contribution in [1.29, 1.82) is 0 Å². The highest BCUT2D eigenvalue weighted by atomic mass is 32.2. The van der Waals surface area contributed by atoms with E-state index < -0.39 is 0 Å². The number of thioether (sulfide) groups is 2. The second-order valence-corrected chi connectivity index (χ2v) is 9.38. The quantitative estimate of drug-likeness (QED) is 0.788. The summed E-state index contributed by atoms with van der Waals surface area (Å²) in [5.41, 5.74) is 1.84. The molecule has 2 aliphatic heterocycles. The first-order valence-electron chi connectivity index (χ1n) is 8.18. The molecule has 0 N–H and O–H groups in total. The lowest BCUT2D eigenvalue weighted by Crippen LogP contribution is -2.41. The summed E-state index contributed by atoms with van der Waals surface area (Å²) in [6.07, 6.45) is 3.90. The Kier molecular flexibility index (Phi) is 4.22. The number of nitrogens with zero attached hydrogens (tertiary/aromatic N) is 3. The molecule has 6 heteroatoms. The molecule has 126 valence electrons. The fourth-order valence-electron chi connectivity index (χ4n) is 3.86. The number of rotatable bonds is 3. The molecular weight excluding hydrogens is 338 g/mol. The summed E-state index contributed by atoms with van der Waals surface area (Å²) in [5.74, 6) is 2.52. The number of ketones is 1. The summed E-state index contributed by atoms with van der Waals surface area (Å²) in [5, 5.41) is 0. The summed E-state index contributed by atoms with van der Waals surface area (Å²) in [6.45, 7) is 0.875. The van der Waals surface area contributed by atoms with Crippen LogP contribution in [0.5, 0.6) is 0 Å². The van der Waals surface area contributed by atoms with Gasteiger partial charge in [0.05, 0.1) is 17.9 Å². The molecule has 0 bridgehead atoms. The van der Waals surface area contributed by atoms with Crippen LogP contribution in [0.25, 0.3) is 0 Å². The third kappa shape index (κ3) is 2.52. The van der Waals surface area contributed by atoms with Gasteiger partial charge < -0.3 is 4.57 Å². The zero-order chi connectivity index (χ0) is 16.7. The Morgan fingerprint density at radius 1 is 1.21 bits per heavy atom. The highest BCUT2D eigenvalue weighted by Gasteiger charge is 2.58. The topological polar surface area (TPSA) is 38.1 Å². The van der Waals surface area contributed by atoms with Gasteiger partial charge in [0.2, 0.25) is 0 Å². The van der Waals surface area contributed by atoms with Gasteiger partial charge in [-0.15, -0.1) is 23.5 Å². The van der Waals surface area contributed by atoms with Gasteiger partial charge in [0.25, 0.3) is 0 Å². The van der Waals surface area contributed by atoms with E-state index in [2.05, 4.69) is 23.1 Å². The predicted molar refractivity (Wildman–Crippen MR) is 100 cm³/mol. The molecule has 4 nitrogen and oxygen atoms in total. The fourth-order valence-corrected chi connectivity index (χ4v) is 7.43. The number of carbonyl (C=O) groups excluding carboxylic acids is 1. The normalized spacial score (nSPS) is 26.2. The summed E-state index contributed by atoms with van der Waals surface area (Å²) >= 11 is 3.86. The van der Waals surface area contributed by atoms with E-state index in [4.69, 9.17) is 0 Å². The summed E-state index contributed by atoms with van der Waals surface area (Å²) in [7, 11) is 4.14. The Balaban J connectivity index is 1.78. The van der Waals surface area contributed by atoms with Crippen LogP contribution in [0.2, 0.25) is 0 Å². The molecule has 3 heterocycles. The molecule has 2 saturated heterocycles. The van der Waals surface area contributed by atoms with E-state index in [0.29, 0.717) is 0 Å². The van der Waals surface area contributed by atoms with Crippen LogP contribution < -0.4 is 0 Å². The van der Waals surface area contributed by atoms with Crippen molar-refractivity contribution in [3.63, 3.8) is 0 Å². The summed E-state index contributed by atoms with van der Waals surface area (Å²) < 4.78 is 1.81. The molecule has 0 aliphatic carbocycles. The van der Waals surface area contributed by atoms with Crippen LogP contribution in [0.4, 0.5) is 0 Å². The first-order chi connectivity index (χ1) is 11.6. The second kappa shape index (κ2) is 6.24. The number of likely N-dealkylation sites (N-methyl/N-ethyl adjacent to an activating group) is 1. The van der Waals surface area contributed by atoms with Gasteiger partial charge in [0, 0.05) is 42.8 Å². The maximum atomic E-state index is 13.5. The average molecular weight is 360 g/mol. The largest absolute Gasteiger partial charge is 0.340 e. The van der Waals surface area contributed by atoms with Crippen molar-refractivity contribution in [3.05, 3.63) is 54.1 Å². The average Bonchev–Trinajstić information content (AvgIpc) is 3.30. The van der Waals surface area contributed by atoms with Crippen LogP contribution in [-0.4, -0.2) is 49.5 Å². The van der Waals surface area contributed by atoms with Crippen LogP contribution in [0.1, 0.15) is 22.0 Å². The standard InChI is InChI=1S/C18H21N3OS2/c1-20-11-15(19-12-20)14-10-21(2)18(23-8-9-24-18)16(14)17(22)13-6-4-3-5-7-13/h3-7,11-12,14,16H,8-10H2,1-2H3/t14-,16+/m0/s1. The molecule has 1 aromatic heterocycles. The molecular formula is C18H21N3OS2. The van der Waals surface area contributed by atoms with Crippen molar-refractivity contribution in [1.82, 2.24) is 14.5 Å². The minimum Gasteiger partial charge on any atom is -0.340 e. The van der Waals surface area contributed by atoms with Gasteiger partial charge in [-0.1, -0.05) is 30.3 Å². The molecule has 2 aromatic rings.